The molecule has 2 atom stereocenters. The number of hydrogen-bond donors (Lipinski definition) is 1. The van der Waals surface area contributed by atoms with Crippen molar-refractivity contribution in [2.24, 2.45) is 5.92 Å². The third kappa shape index (κ3) is 5.39. The summed E-state index contributed by atoms with van der Waals surface area (Å²) in [6.45, 7) is 3.93. The zero-order valence-corrected chi connectivity index (χ0v) is 13.7. The third-order valence-corrected chi connectivity index (χ3v) is 3.60. The maximum absolute atomic E-state index is 12.2. The zero-order chi connectivity index (χ0) is 16.5. The quantitative estimate of drug-likeness (QED) is 0.750. The van der Waals surface area contributed by atoms with Crippen molar-refractivity contribution < 1.29 is 19.1 Å². The van der Waals surface area contributed by atoms with E-state index in [2.05, 4.69) is 5.32 Å². The average molecular weight is 307 g/mol. The topological polar surface area (TPSA) is 64.6 Å². The van der Waals surface area contributed by atoms with Crippen molar-refractivity contribution in [1.29, 1.82) is 0 Å². The number of nitrogens with one attached hydrogen (secondary N) is 1. The Morgan fingerprint density at radius 3 is 2.32 bits per heavy atom. The maximum Gasteiger partial charge on any atom is 0.307 e. The van der Waals surface area contributed by atoms with E-state index < -0.39 is 6.04 Å². The predicted molar refractivity (Wildman–Crippen MR) is 84.6 cm³/mol. The van der Waals surface area contributed by atoms with Crippen molar-refractivity contribution >= 4 is 11.9 Å². The maximum atomic E-state index is 12.2. The predicted octanol–water partition coefficient (Wildman–Crippen LogP) is 2.85. The van der Waals surface area contributed by atoms with E-state index in [9.17, 15) is 9.59 Å². The molecule has 0 aliphatic carbocycles. The standard InChI is InChI=1S/C17H25NO4/c1-5-6-12(2)17(20)18-15(11-16(19)22-4)13-7-9-14(21-3)10-8-13/h7-10,12,15H,5-6,11H2,1-4H3,(H,18,20)/t12-,15-/m0/s1. The van der Waals surface area contributed by atoms with E-state index in [0.717, 1.165) is 24.2 Å². The molecule has 1 N–H and O–H groups in total. The summed E-state index contributed by atoms with van der Waals surface area (Å²) >= 11 is 0. The molecule has 0 saturated heterocycles. The lowest BCUT2D eigenvalue weighted by molar-refractivity contribution is -0.141. The van der Waals surface area contributed by atoms with E-state index in [4.69, 9.17) is 9.47 Å². The Bertz CT molecular complexity index is 484. The van der Waals surface area contributed by atoms with Gasteiger partial charge in [0, 0.05) is 5.92 Å². The summed E-state index contributed by atoms with van der Waals surface area (Å²) < 4.78 is 9.85. The average Bonchev–Trinajstić information content (AvgIpc) is 2.54. The van der Waals surface area contributed by atoms with E-state index in [1.165, 1.54) is 7.11 Å². The Morgan fingerprint density at radius 1 is 1.18 bits per heavy atom. The van der Waals surface area contributed by atoms with Crippen molar-refractivity contribution in [1.82, 2.24) is 5.32 Å². The molecule has 5 heteroatoms. The van der Waals surface area contributed by atoms with Crippen LogP contribution in [0.2, 0.25) is 0 Å². The summed E-state index contributed by atoms with van der Waals surface area (Å²) in [6, 6.07) is 6.90. The van der Waals surface area contributed by atoms with E-state index in [0.29, 0.717) is 0 Å². The smallest absolute Gasteiger partial charge is 0.307 e. The van der Waals surface area contributed by atoms with Crippen LogP contribution in [0.5, 0.6) is 5.75 Å². The van der Waals surface area contributed by atoms with Gasteiger partial charge in [-0.15, -0.1) is 0 Å². The molecule has 122 valence electrons. The van der Waals surface area contributed by atoms with E-state index in [1.807, 2.05) is 26.0 Å². The number of benzene rings is 1. The van der Waals surface area contributed by atoms with Gasteiger partial charge in [-0.25, -0.2) is 0 Å². The number of amides is 1. The van der Waals surface area contributed by atoms with Gasteiger partial charge in [0.2, 0.25) is 5.91 Å². The molecule has 0 spiro atoms. The highest BCUT2D eigenvalue weighted by atomic mass is 16.5. The first-order valence-electron chi connectivity index (χ1n) is 7.52. The summed E-state index contributed by atoms with van der Waals surface area (Å²) in [5.41, 5.74) is 0.850. The van der Waals surface area contributed by atoms with Gasteiger partial charge >= 0.3 is 5.97 Å². The first-order chi connectivity index (χ1) is 10.5. The van der Waals surface area contributed by atoms with Crippen molar-refractivity contribution in [2.75, 3.05) is 14.2 Å². The van der Waals surface area contributed by atoms with Gasteiger partial charge in [0.1, 0.15) is 5.75 Å². The van der Waals surface area contributed by atoms with Gasteiger partial charge in [-0.2, -0.15) is 0 Å². The second-order valence-electron chi connectivity index (χ2n) is 5.30. The number of hydrogen-bond acceptors (Lipinski definition) is 4. The fourth-order valence-corrected chi connectivity index (χ4v) is 2.22. The third-order valence-electron chi connectivity index (χ3n) is 3.60. The number of ether oxygens (including phenoxy) is 2. The highest BCUT2D eigenvalue weighted by molar-refractivity contribution is 5.80. The lowest BCUT2D eigenvalue weighted by Crippen LogP contribution is -2.34. The molecule has 0 aliphatic heterocycles. The molecule has 0 radical (unpaired) electrons. The fraction of sp³-hybridized carbons (Fsp3) is 0.529. The Labute approximate surface area is 132 Å². The summed E-state index contributed by atoms with van der Waals surface area (Å²) in [6.07, 6.45) is 1.87. The van der Waals surface area contributed by atoms with Crippen molar-refractivity contribution in [2.45, 2.75) is 39.2 Å². The Kier molecular flexibility index (Phi) is 7.43. The molecule has 1 aromatic carbocycles. The minimum absolute atomic E-state index is 0.0495. The van der Waals surface area contributed by atoms with Crippen molar-refractivity contribution in [3.8, 4) is 5.75 Å². The molecule has 1 rings (SSSR count). The summed E-state index contributed by atoms with van der Waals surface area (Å²) in [5.74, 6) is 0.241. The molecular formula is C17H25NO4. The van der Waals surface area contributed by atoms with Crippen LogP contribution in [0.3, 0.4) is 0 Å². The summed E-state index contributed by atoms with van der Waals surface area (Å²) in [4.78, 5) is 23.8. The van der Waals surface area contributed by atoms with E-state index in [-0.39, 0.29) is 24.2 Å². The molecule has 22 heavy (non-hydrogen) atoms. The Balaban J connectivity index is 2.87. The van der Waals surface area contributed by atoms with Crippen LogP contribution in [0.1, 0.15) is 44.7 Å². The normalized spacial score (nSPS) is 13.1. The monoisotopic (exact) mass is 307 g/mol. The number of rotatable bonds is 8. The van der Waals surface area contributed by atoms with Gasteiger partial charge < -0.3 is 14.8 Å². The van der Waals surface area contributed by atoms with Crippen LogP contribution in [0, 0.1) is 5.92 Å². The van der Waals surface area contributed by atoms with E-state index in [1.54, 1.807) is 19.2 Å². The molecule has 0 aromatic heterocycles. The van der Waals surface area contributed by atoms with Crippen LogP contribution < -0.4 is 10.1 Å². The SMILES string of the molecule is CCC[C@H](C)C(=O)N[C@@H](CC(=O)OC)c1ccc(OC)cc1. The van der Waals surface area contributed by atoms with Crippen LogP contribution in [0.15, 0.2) is 24.3 Å². The van der Waals surface area contributed by atoms with E-state index >= 15 is 0 Å². The minimum Gasteiger partial charge on any atom is -0.497 e. The number of methoxy groups -OCH3 is 2. The summed E-state index contributed by atoms with van der Waals surface area (Å²) in [7, 11) is 2.93. The minimum atomic E-state index is -0.398. The van der Waals surface area contributed by atoms with Crippen LogP contribution in [-0.4, -0.2) is 26.1 Å². The largest absolute Gasteiger partial charge is 0.497 e. The fourth-order valence-electron chi connectivity index (χ4n) is 2.22. The Hall–Kier alpha value is -2.04. The lowest BCUT2D eigenvalue weighted by Gasteiger charge is -2.21. The van der Waals surface area contributed by atoms with Gasteiger partial charge in [-0.3, -0.25) is 9.59 Å². The molecule has 0 bridgehead atoms. The molecule has 0 aliphatic rings. The highest BCUT2D eigenvalue weighted by Crippen LogP contribution is 2.21. The molecule has 5 nitrogen and oxygen atoms in total. The molecule has 1 amide bonds. The molecular weight excluding hydrogens is 282 g/mol. The lowest BCUT2D eigenvalue weighted by atomic mass is 10.0. The molecule has 0 heterocycles. The van der Waals surface area contributed by atoms with Crippen molar-refractivity contribution in [3.63, 3.8) is 0 Å². The number of carbonyl (C=O) groups is 2. The van der Waals surface area contributed by atoms with Crippen LogP contribution >= 0.6 is 0 Å². The van der Waals surface area contributed by atoms with Crippen LogP contribution in [-0.2, 0) is 14.3 Å². The van der Waals surface area contributed by atoms with Gasteiger partial charge in [0.05, 0.1) is 26.7 Å². The summed E-state index contributed by atoms with van der Waals surface area (Å²) in [5, 5.41) is 2.94. The highest BCUT2D eigenvalue weighted by Gasteiger charge is 2.21. The number of esters is 1. The van der Waals surface area contributed by atoms with Crippen LogP contribution in [0.25, 0.3) is 0 Å². The van der Waals surface area contributed by atoms with Gasteiger partial charge in [0.25, 0.3) is 0 Å². The molecule has 1 aromatic rings. The molecule has 0 unspecified atom stereocenters. The molecule has 0 fully saturated rings. The van der Waals surface area contributed by atoms with Gasteiger partial charge in [0.15, 0.2) is 0 Å². The Morgan fingerprint density at radius 2 is 1.82 bits per heavy atom. The number of carbonyl (C=O) groups excluding carboxylic acids is 2. The first-order valence-corrected chi connectivity index (χ1v) is 7.52. The zero-order valence-electron chi connectivity index (χ0n) is 13.7. The first kappa shape index (κ1) is 18.0. The second kappa shape index (κ2) is 9.07. The van der Waals surface area contributed by atoms with Crippen molar-refractivity contribution in [3.05, 3.63) is 29.8 Å². The van der Waals surface area contributed by atoms with Crippen LogP contribution in [0.4, 0.5) is 0 Å². The van der Waals surface area contributed by atoms with Gasteiger partial charge in [-0.05, 0) is 24.1 Å². The van der Waals surface area contributed by atoms with Gasteiger partial charge in [-0.1, -0.05) is 32.4 Å². The molecule has 0 saturated carbocycles. The second-order valence-corrected chi connectivity index (χ2v) is 5.30.